The molecule has 37 heavy (non-hydrogen) atoms. The molecular weight excluding hydrogens is 608 g/mol. The summed E-state index contributed by atoms with van der Waals surface area (Å²) in [5, 5.41) is 22.2. The second-order valence-electron chi connectivity index (χ2n) is 7.09. The van der Waals surface area contributed by atoms with Gasteiger partial charge in [0.25, 0.3) is 15.7 Å². The number of aryl methyl sites for hydroxylation is 1. The monoisotopic (exact) mass is 624 g/mol. The predicted octanol–water partition coefficient (Wildman–Crippen LogP) is 0.800. The van der Waals surface area contributed by atoms with E-state index >= 15 is 0 Å². The quantitative estimate of drug-likeness (QED) is 0.171. The summed E-state index contributed by atoms with van der Waals surface area (Å²) in [7, 11) is -13.4. The fraction of sp³-hybridized carbons (Fsp3) is 0.167. The van der Waals surface area contributed by atoms with Crippen molar-refractivity contribution in [3.05, 3.63) is 58.5 Å². The first kappa shape index (κ1) is 30.3. The topological polar surface area (TPSA) is 238 Å². The molecule has 0 aliphatic carbocycles. The first-order chi connectivity index (χ1) is 16.6. The Kier molecular flexibility index (Phi) is 9.21. The van der Waals surface area contributed by atoms with Crippen LogP contribution in [0.5, 0.6) is 5.75 Å². The Hall–Kier alpha value is -2.90. The number of aromatic nitrogens is 2. The molecule has 3 aromatic rings. The summed E-state index contributed by atoms with van der Waals surface area (Å²) in [6, 6.07) is 7.38. The van der Waals surface area contributed by atoms with E-state index in [1.54, 1.807) is 0 Å². The van der Waals surface area contributed by atoms with Gasteiger partial charge in [0.2, 0.25) is 0 Å². The van der Waals surface area contributed by atoms with Crippen LogP contribution in [0, 0.1) is 6.92 Å². The molecule has 2 aromatic carbocycles. The van der Waals surface area contributed by atoms with Crippen molar-refractivity contribution < 1.29 is 60.7 Å². The minimum absolute atomic E-state index is 0. The maximum Gasteiger partial charge on any atom is 2.00 e. The van der Waals surface area contributed by atoms with Gasteiger partial charge < -0.3 is 5.11 Å². The van der Waals surface area contributed by atoms with Crippen LogP contribution in [0.4, 0.5) is 11.4 Å². The molecule has 0 saturated heterocycles. The van der Waals surface area contributed by atoms with E-state index in [1.807, 2.05) is 0 Å². The van der Waals surface area contributed by atoms with Crippen LogP contribution in [-0.2, 0) is 51.6 Å². The Morgan fingerprint density at radius 3 is 2.14 bits per heavy atom. The van der Waals surface area contributed by atoms with Crippen molar-refractivity contribution in [3.8, 4) is 11.4 Å². The van der Waals surface area contributed by atoms with Gasteiger partial charge in [-0.1, -0.05) is 11.8 Å². The average molecular weight is 625 g/mol. The minimum atomic E-state index is -4.84. The Bertz CT molecular complexity index is 1710. The summed E-state index contributed by atoms with van der Waals surface area (Å²) in [6.07, 6.45) is 0. The Labute approximate surface area is 220 Å². The summed E-state index contributed by atoms with van der Waals surface area (Å²) >= 11 is 0. The van der Waals surface area contributed by atoms with Crippen molar-refractivity contribution in [2.75, 3.05) is 12.4 Å². The number of azo groups is 1. The first-order valence-corrected chi connectivity index (χ1v) is 14.0. The number of hydrogen-bond acceptors (Lipinski definition) is 11. The van der Waals surface area contributed by atoms with Crippen molar-refractivity contribution in [1.82, 2.24) is 9.78 Å². The van der Waals surface area contributed by atoms with Crippen molar-refractivity contribution in [1.29, 1.82) is 0 Å². The second kappa shape index (κ2) is 11.2. The van der Waals surface area contributed by atoms with Crippen LogP contribution < -0.4 is 10.7 Å². The van der Waals surface area contributed by atoms with Gasteiger partial charge in [-0.05, 0) is 43.3 Å². The molecule has 0 spiro atoms. The molecule has 1 heterocycles. The molecule has 0 bridgehead atoms. The van der Waals surface area contributed by atoms with Crippen LogP contribution in [0.2, 0.25) is 0 Å². The Morgan fingerprint density at radius 1 is 0.973 bits per heavy atom. The van der Waals surface area contributed by atoms with Gasteiger partial charge in [-0.15, -0.1) is 5.11 Å². The summed E-state index contributed by atoms with van der Waals surface area (Å²) < 4.78 is 90.8. The van der Waals surface area contributed by atoms with Crippen LogP contribution in [0.25, 0.3) is 5.69 Å². The molecule has 0 atom stereocenters. The zero-order chi connectivity index (χ0) is 26.9. The van der Waals surface area contributed by atoms with Gasteiger partial charge in [0.15, 0.2) is 15.5 Å². The summed E-state index contributed by atoms with van der Waals surface area (Å²) in [5.74, 6) is -1.55. The van der Waals surface area contributed by atoms with Gasteiger partial charge in [0.05, 0.1) is 39.2 Å². The number of sulfone groups is 1. The molecule has 1 radical (unpaired) electrons. The number of hydrogen-bond donors (Lipinski definition) is 3. The molecule has 0 unspecified atom stereocenters. The van der Waals surface area contributed by atoms with Crippen LogP contribution in [0.15, 0.2) is 67.3 Å². The molecule has 203 valence electrons. The number of nitrogens with one attached hydrogen (secondary N) is 1. The summed E-state index contributed by atoms with van der Waals surface area (Å²) in [4.78, 5) is 12.0. The van der Waals surface area contributed by atoms with Gasteiger partial charge in [0, 0.05) is 0 Å². The minimum Gasteiger partial charge on any atom is -0.871 e. The maximum atomic E-state index is 12.8. The smallest absolute Gasteiger partial charge is 0.871 e. The molecule has 0 amide bonds. The van der Waals surface area contributed by atoms with E-state index in [2.05, 4.69) is 19.5 Å². The number of aromatic amines is 1. The molecule has 15 nitrogen and oxygen atoms in total. The number of benzene rings is 2. The molecule has 0 aliphatic heterocycles. The van der Waals surface area contributed by atoms with Crippen molar-refractivity contribution in [2.45, 2.75) is 16.7 Å². The number of rotatable bonds is 9. The third-order valence-electron chi connectivity index (χ3n) is 4.56. The largest absolute Gasteiger partial charge is 2.00 e. The van der Waals surface area contributed by atoms with E-state index < -0.39 is 64.6 Å². The molecule has 0 aliphatic rings. The van der Waals surface area contributed by atoms with E-state index in [9.17, 15) is 35.2 Å². The van der Waals surface area contributed by atoms with Crippen LogP contribution in [-0.4, -0.2) is 56.5 Å². The number of nitrogens with zero attached hydrogens (tertiary/aromatic N) is 3. The summed E-state index contributed by atoms with van der Waals surface area (Å²) in [6.45, 7) is 0.595. The normalized spacial score (nSPS) is 12.5. The van der Waals surface area contributed by atoms with Crippen molar-refractivity contribution in [2.24, 2.45) is 10.2 Å². The van der Waals surface area contributed by atoms with E-state index in [4.69, 9.17) is 9.11 Å². The van der Waals surface area contributed by atoms with E-state index in [0.29, 0.717) is 0 Å². The fourth-order valence-corrected chi connectivity index (χ4v) is 4.83. The van der Waals surface area contributed by atoms with Crippen LogP contribution in [0.3, 0.4) is 0 Å². The molecule has 19 heteroatoms. The molecule has 0 saturated carbocycles. The molecule has 0 fully saturated rings. The fourth-order valence-electron chi connectivity index (χ4n) is 2.84. The maximum absolute atomic E-state index is 12.8. The van der Waals surface area contributed by atoms with Crippen molar-refractivity contribution in [3.63, 3.8) is 0 Å². The molecule has 3 N–H and O–H groups in total. The number of H-pyrrole nitrogens is 1. The zero-order valence-corrected chi connectivity index (χ0v) is 21.8. The Balaban J connectivity index is 0.00000481. The third-order valence-corrected chi connectivity index (χ3v) is 7.57. The van der Waals surface area contributed by atoms with Gasteiger partial charge in [-0.2, -0.15) is 21.9 Å². The average Bonchev–Trinajstić information content (AvgIpc) is 3.05. The molecule has 1 aromatic heterocycles. The van der Waals surface area contributed by atoms with Gasteiger partial charge in [0.1, 0.15) is 0 Å². The van der Waals surface area contributed by atoms with E-state index in [0.717, 1.165) is 35.0 Å². The standard InChI is InChI=1S/C18H18N4O11S3.Cu/c1-11-17(18(24)22(21-11)12-2-4-13(5-3-12)35(27,28)29)20-19-15-10-14(6-7-16(15)23)34(25,26)9-8-33-36(30,31)32;/h2-7,10,21,23H,8-9H2,1H3,(H,27,28,29)(H,30,31,32);/q;+2/p-1. The van der Waals surface area contributed by atoms with Crippen LogP contribution >= 0.6 is 0 Å². The van der Waals surface area contributed by atoms with E-state index in [1.165, 1.54) is 19.1 Å². The molecular formula is C18H17CuN4O11S3+. The van der Waals surface area contributed by atoms with Crippen LogP contribution in [0.1, 0.15) is 5.69 Å². The summed E-state index contributed by atoms with van der Waals surface area (Å²) in [5.41, 5.74) is -0.990. The third kappa shape index (κ3) is 7.55. The van der Waals surface area contributed by atoms with Gasteiger partial charge in [-0.3, -0.25) is 19.0 Å². The SMILES string of the molecule is Cc1[nH]n(-c2ccc(S(=O)(=O)O)cc2)c(=O)c1N=Nc1cc(S(=O)(=O)CCOS(=O)(=O)O)ccc1[O-].[Cu+2]. The van der Waals surface area contributed by atoms with Gasteiger partial charge in [-0.25, -0.2) is 17.3 Å². The van der Waals surface area contributed by atoms with E-state index in [-0.39, 0.29) is 39.0 Å². The Morgan fingerprint density at radius 2 is 1.57 bits per heavy atom. The second-order valence-corrected chi connectivity index (χ2v) is 11.7. The molecule has 3 rings (SSSR count). The predicted molar refractivity (Wildman–Crippen MR) is 121 cm³/mol. The van der Waals surface area contributed by atoms with Gasteiger partial charge >= 0.3 is 27.5 Å². The first-order valence-electron chi connectivity index (χ1n) is 9.55. The zero-order valence-electron chi connectivity index (χ0n) is 18.4. The van der Waals surface area contributed by atoms with Crippen molar-refractivity contribution >= 4 is 41.7 Å².